The van der Waals surface area contributed by atoms with E-state index in [1.165, 1.54) is 122 Å². The minimum atomic E-state index is -0.806. The number of ether oxygens (including phenoxy) is 3. The number of hydrogen-bond donors (Lipinski definition) is 0. The summed E-state index contributed by atoms with van der Waals surface area (Å²) in [5, 5.41) is 0. The van der Waals surface area contributed by atoms with E-state index in [1.807, 2.05) is 0 Å². The highest BCUT2D eigenvalue weighted by atomic mass is 16.6. The van der Waals surface area contributed by atoms with Crippen molar-refractivity contribution in [2.24, 2.45) is 0 Å². The van der Waals surface area contributed by atoms with E-state index in [1.54, 1.807) is 0 Å². The number of allylic oxidation sites excluding steroid dienone is 24. The molecule has 0 amide bonds. The third kappa shape index (κ3) is 66.1. The summed E-state index contributed by atoms with van der Waals surface area (Å²) >= 11 is 0. The smallest absolute Gasteiger partial charge is 0.306 e. The molecule has 0 rings (SSSR count). The van der Waals surface area contributed by atoms with Gasteiger partial charge in [0.1, 0.15) is 13.2 Å². The topological polar surface area (TPSA) is 78.9 Å². The average Bonchev–Trinajstić information content (AvgIpc) is 3.47. The van der Waals surface area contributed by atoms with Crippen molar-refractivity contribution in [2.45, 2.75) is 303 Å². The van der Waals surface area contributed by atoms with E-state index in [-0.39, 0.29) is 37.5 Å². The van der Waals surface area contributed by atoms with Crippen molar-refractivity contribution in [1.82, 2.24) is 0 Å². The monoisotopic (exact) mass is 1130 g/mol. The van der Waals surface area contributed by atoms with Gasteiger partial charge in [0.2, 0.25) is 0 Å². The van der Waals surface area contributed by atoms with Crippen LogP contribution in [0, 0.1) is 0 Å². The third-order valence-electron chi connectivity index (χ3n) is 14.1. The summed E-state index contributed by atoms with van der Waals surface area (Å²) in [6.07, 6.45) is 98.7. The zero-order valence-electron chi connectivity index (χ0n) is 53.2. The van der Waals surface area contributed by atoms with Gasteiger partial charge in [0, 0.05) is 19.3 Å². The maximum Gasteiger partial charge on any atom is 0.306 e. The van der Waals surface area contributed by atoms with E-state index in [2.05, 4.69) is 167 Å². The fraction of sp³-hybridized carbons (Fsp3) is 0.645. The first-order chi connectivity index (χ1) is 40.5. The minimum Gasteiger partial charge on any atom is -0.462 e. The highest BCUT2D eigenvalue weighted by molar-refractivity contribution is 5.71. The Bertz CT molecular complexity index is 1780. The molecule has 0 N–H and O–H groups in total. The molecule has 0 fully saturated rings. The molecule has 0 saturated carbocycles. The molecule has 6 heteroatoms. The van der Waals surface area contributed by atoms with Gasteiger partial charge in [-0.25, -0.2) is 0 Å². The lowest BCUT2D eigenvalue weighted by Crippen LogP contribution is -2.30. The molecule has 0 aliphatic heterocycles. The van der Waals surface area contributed by atoms with Gasteiger partial charge in [-0.3, -0.25) is 14.4 Å². The van der Waals surface area contributed by atoms with Crippen LogP contribution in [0.4, 0.5) is 0 Å². The Hall–Kier alpha value is -4.71. The van der Waals surface area contributed by atoms with Crippen LogP contribution in [-0.4, -0.2) is 37.2 Å². The van der Waals surface area contributed by atoms with E-state index in [0.717, 1.165) is 128 Å². The molecule has 464 valence electrons. The fourth-order valence-corrected chi connectivity index (χ4v) is 9.10. The van der Waals surface area contributed by atoms with Crippen LogP contribution in [0.15, 0.2) is 146 Å². The van der Waals surface area contributed by atoms with E-state index >= 15 is 0 Å². The Morgan fingerprint density at radius 2 is 0.476 bits per heavy atom. The molecule has 6 nitrogen and oxygen atoms in total. The maximum atomic E-state index is 12.9. The zero-order chi connectivity index (χ0) is 59.2. The van der Waals surface area contributed by atoms with Gasteiger partial charge in [-0.15, -0.1) is 0 Å². The molecule has 0 bridgehead atoms. The number of carbonyl (C=O) groups is 3. The Morgan fingerprint density at radius 1 is 0.256 bits per heavy atom. The number of unbranched alkanes of at least 4 members (excludes halogenated alkanes) is 25. The van der Waals surface area contributed by atoms with Crippen LogP contribution in [0.5, 0.6) is 0 Å². The summed E-state index contributed by atoms with van der Waals surface area (Å²) in [4.78, 5) is 38.3. The van der Waals surface area contributed by atoms with Gasteiger partial charge < -0.3 is 14.2 Å². The van der Waals surface area contributed by atoms with Gasteiger partial charge in [-0.2, -0.15) is 0 Å². The SMILES string of the molecule is CC/C=C\C/C=C\C/C=C\C/C=C\C/C=C\C/C=C\CCCCCCCCCCCCCCC(=O)OCC(COC(=O)CCCCCCCCCCCCCC)OC(=O)CCCC/C=C\C/C=C\C/C=C\C/C=C\C/C=C\C/C=C\CC. The average molecular weight is 1130 g/mol. The molecule has 0 aromatic rings. The third-order valence-corrected chi connectivity index (χ3v) is 14.1. The van der Waals surface area contributed by atoms with Crippen molar-refractivity contribution in [1.29, 1.82) is 0 Å². The van der Waals surface area contributed by atoms with Gasteiger partial charge >= 0.3 is 17.9 Å². The van der Waals surface area contributed by atoms with Gasteiger partial charge in [0.15, 0.2) is 6.10 Å². The van der Waals surface area contributed by atoms with E-state index in [9.17, 15) is 14.4 Å². The van der Waals surface area contributed by atoms with Crippen LogP contribution in [0.2, 0.25) is 0 Å². The second-order valence-electron chi connectivity index (χ2n) is 22.0. The van der Waals surface area contributed by atoms with Crippen LogP contribution in [0.1, 0.15) is 297 Å². The predicted molar refractivity (Wildman–Crippen MR) is 357 cm³/mol. The van der Waals surface area contributed by atoms with Gasteiger partial charge in [-0.05, 0) is 122 Å². The number of esters is 3. The summed E-state index contributed by atoms with van der Waals surface area (Å²) in [6.45, 7) is 6.38. The normalized spacial score (nSPS) is 13.1. The Balaban J connectivity index is 4.33. The number of hydrogen-bond acceptors (Lipinski definition) is 6. The first-order valence-electron chi connectivity index (χ1n) is 33.8. The van der Waals surface area contributed by atoms with Gasteiger partial charge in [0.05, 0.1) is 0 Å². The van der Waals surface area contributed by atoms with Crippen molar-refractivity contribution >= 4 is 17.9 Å². The molecule has 1 unspecified atom stereocenters. The molecule has 0 heterocycles. The van der Waals surface area contributed by atoms with Crippen molar-refractivity contribution in [3.8, 4) is 0 Å². The molecule has 0 saturated heterocycles. The molecule has 0 radical (unpaired) electrons. The predicted octanol–water partition coefficient (Wildman–Crippen LogP) is 23.5. The zero-order valence-corrected chi connectivity index (χ0v) is 53.2. The molecule has 82 heavy (non-hydrogen) atoms. The quantitative estimate of drug-likeness (QED) is 0.0261. The van der Waals surface area contributed by atoms with Crippen LogP contribution < -0.4 is 0 Å². The molecule has 0 aromatic carbocycles. The fourth-order valence-electron chi connectivity index (χ4n) is 9.10. The summed E-state index contributed by atoms with van der Waals surface area (Å²) in [5.41, 5.74) is 0. The number of carbonyl (C=O) groups excluding carboxylic acids is 3. The highest BCUT2D eigenvalue weighted by Crippen LogP contribution is 2.16. The van der Waals surface area contributed by atoms with Gasteiger partial charge in [-0.1, -0.05) is 301 Å². The Morgan fingerprint density at radius 3 is 0.768 bits per heavy atom. The lowest BCUT2D eigenvalue weighted by molar-refractivity contribution is -0.167. The highest BCUT2D eigenvalue weighted by Gasteiger charge is 2.19. The first kappa shape index (κ1) is 77.3. The number of rotatable bonds is 60. The standard InChI is InChI=1S/C76H124O6/c1-4-7-10-13-16-19-22-25-27-29-31-33-34-35-36-37-38-39-40-41-42-44-45-47-49-51-54-57-60-63-66-69-75(78)81-72-73(71-80-74(77)68-65-62-59-56-53-24-21-18-15-12-9-6-3)82-76(79)70-67-64-61-58-55-52-50-48-46-43-32-30-28-26-23-20-17-14-11-8-5-2/h7-8,10-11,16-17,19-20,25-28,31-33,35-36,38-39,43,48,50,55,58,73H,4-6,9,12-15,18,21-24,29-30,34,37,40-42,44-47,49,51-54,56-57,59-72H2,1-3H3/b10-7-,11-8-,19-16-,20-17-,27-25-,28-26-,33-31-,36-35-,39-38-,43-32-,50-48-,58-55-. The Kier molecular flexibility index (Phi) is 64.8. The largest absolute Gasteiger partial charge is 0.462 e. The lowest BCUT2D eigenvalue weighted by Gasteiger charge is -2.18. The lowest BCUT2D eigenvalue weighted by atomic mass is 10.0. The molecular weight excluding hydrogens is 1010 g/mol. The summed E-state index contributed by atoms with van der Waals surface area (Å²) < 4.78 is 16.9. The van der Waals surface area contributed by atoms with Gasteiger partial charge in [0.25, 0.3) is 0 Å². The first-order valence-corrected chi connectivity index (χ1v) is 33.8. The van der Waals surface area contributed by atoms with Crippen molar-refractivity contribution in [3.05, 3.63) is 146 Å². The summed E-state index contributed by atoms with van der Waals surface area (Å²) in [5.74, 6) is -0.940. The van der Waals surface area contributed by atoms with Crippen molar-refractivity contribution in [3.63, 3.8) is 0 Å². The van der Waals surface area contributed by atoms with Crippen molar-refractivity contribution in [2.75, 3.05) is 13.2 Å². The van der Waals surface area contributed by atoms with Crippen molar-refractivity contribution < 1.29 is 28.6 Å². The Labute approximate surface area is 506 Å². The van der Waals surface area contributed by atoms with E-state index < -0.39 is 6.10 Å². The molecule has 0 aromatic heterocycles. The van der Waals surface area contributed by atoms with Crippen LogP contribution >= 0.6 is 0 Å². The van der Waals surface area contributed by atoms with E-state index in [0.29, 0.717) is 19.3 Å². The molecule has 0 aliphatic carbocycles. The van der Waals surface area contributed by atoms with Crippen LogP contribution in [-0.2, 0) is 28.6 Å². The molecule has 0 spiro atoms. The minimum absolute atomic E-state index is 0.0975. The van der Waals surface area contributed by atoms with Crippen LogP contribution in [0.3, 0.4) is 0 Å². The van der Waals surface area contributed by atoms with E-state index in [4.69, 9.17) is 14.2 Å². The summed E-state index contributed by atoms with van der Waals surface area (Å²) in [7, 11) is 0. The molecular formula is C76H124O6. The molecule has 0 aliphatic rings. The van der Waals surface area contributed by atoms with Crippen LogP contribution in [0.25, 0.3) is 0 Å². The maximum absolute atomic E-state index is 12.9. The second kappa shape index (κ2) is 68.8. The second-order valence-corrected chi connectivity index (χ2v) is 22.0. The summed E-state index contributed by atoms with van der Waals surface area (Å²) in [6, 6.07) is 0. The molecule has 1 atom stereocenters.